The zero-order valence-electron chi connectivity index (χ0n) is 21.8. The lowest BCUT2D eigenvalue weighted by Crippen LogP contribution is -2.00. The molecule has 0 aliphatic heterocycles. The smallest absolute Gasteiger partial charge is 0.159 e. The SMILES string of the molecule is CC(=O)c1cc(Br)cc(COc2ccc(Cl)cc2Cl)c1.CC(=O)c1cc(C#N)cc(COc2ccc(Cl)cc2Cl)c1. The molecular weight excluding hydrogens is 672 g/mol. The second-order valence-electron chi connectivity index (χ2n) is 8.72. The summed E-state index contributed by atoms with van der Waals surface area (Å²) in [5, 5.41) is 10.9. The first-order valence-corrected chi connectivity index (χ1v) is 14.3. The van der Waals surface area contributed by atoms with Gasteiger partial charge in [-0.15, -0.1) is 0 Å². The van der Waals surface area contributed by atoms with Gasteiger partial charge in [-0.2, -0.15) is 5.26 Å². The van der Waals surface area contributed by atoms with Gasteiger partial charge in [0.05, 0.1) is 21.7 Å². The van der Waals surface area contributed by atoms with Crippen LogP contribution in [0.3, 0.4) is 0 Å². The van der Waals surface area contributed by atoms with Crippen LogP contribution in [0.4, 0.5) is 0 Å². The number of Topliss-reactive ketones (excluding diaryl/α,β-unsaturated/α-hetero) is 2. The Kier molecular flexibility index (Phi) is 12.1. The Bertz CT molecular complexity index is 1640. The molecule has 0 spiro atoms. The third-order valence-corrected chi connectivity index (χ3v) is 6.99. The summed E-state index contributed by atoms with van der Waals surface area (Å²) < 4.78 is 12.1. The number of rotatable bonds is 8. The molecule has 41 heavy (non-hydrogen) atoms. The van der Waals surface area contributed by atoms with Gasteiger partial charge in [-0.1, -0.05) is 62.3 Å². The summed E-state index contributed by atoms with van der Waals surface area (Å²) in [6.07, 6.45) is 0. The van der Waals surface area contributed by atoms with Crippen molar-refractivity contribution in [1.29, 1.82) is 5.26 Å². The summed E-state index contributed by atoms with van der Waals surface area (Å²) in [7, 11) is 0. The molecule has 4 aromatic carbocycles. The summed E-state index contributed by atoms with van der Waals surface area (Å²) in [4.78, 5) is 22.9. The van der Waals surface area contributed by atoms with Crippen molar-refractivity contribution in [2.45, 2.75) is 27.1 Å². The third-order valence-electron chi connectivity index (χ3n) is 5.47. The predicted molar refractivity (Wildman–Crippen MR) is 167 cm³/mol. The molecule has 4 rings (SSSR count). The van der Waals surface area contributed by atoms with Crippen molar-refractivity contribution in [3.63, 3.8) is 0 Å². The molecule has 210 valence electrons. The first-order chi connectivity index (χ1) is 19.4. The van der Waals surface area contributed by atoms with Gasteiger partial charge < -0.3 is 9.47 Å². The van der Waals surface area contributed by atoms with Crippen LogP contribution in [-0.4, -0.2) is 11.6 Å². The lowest BCUT2D eigenvalue weighted by Gasteiger charge is -2.09. The van der Waals surface area contributed by atoms with E-state index in [0.29, 0.717) is 54.9 Å². The van der Waals surface area contributed by atoms with Crippen LogP contribution < -0.4 is 9.47 Å². The first-order valence-electron chi connectivity index (χ1n) is 12.0. The van der Waals surface area contributed by atoms with E-state index in [2.05, 4.69) is 15.9 Å². The average Bonchev–Trinajstić information content (AvgIpc) is 2.92. The van der Waals surface area contributed by atoms with Crippen LogP contribution in [0, 0.1) is 11.3 Å². The number of hydrogen-bond acceptors (Lipinski definition) is 5. The maximum Gasteiger partial charge on any atom is 0.159 e. The molecule has 0 radical (unpaired) electrons. The topological polar surface area (TPSA) is 76.4 Å². The van der Waals surface area contributed by atoms with Crippen molar-refractivity contribution >= 4 is 73.9 Å². The Morgan fingerprint density at radius 1 is 0.707 bits per heavy atom. The Hall–Kier alpha value is -3.05. The average molecular weight is 694 g/mol. The fourth-order valence-electron chi connectivity index (χ4n) is 3.49. The van der Waals surface area contributed by atoms with Gasteiger partial charge in [0.15, 0.2) is 11.6 Å². The standard InChI is InChI=1S/C16H11Cl2NO2.C15H11BrCl2O2/c1-10(20)13-5-11(8-19)4-12(6-13)9-21-16-3-2-14(17)7-15(16)18;1-9(19)11-4-10(5-12(16)6-11)8-20-15-3-2-13(17)7-14(15)18/h2-7H,9H2,1H3;2-7H,8H2,1H3. The first kappa shape index (κ1) is 32.5. The lowest BCUT2D eigenvalue weighted by atomic mass is 10.0. The largest absolute Gasteiger partial charge is 0.487 e. The number of ether oxygens (including phenoxy) is 2. The van der Waals surface area contributed by atoms with Crippen LogP contribution in [0.25, 0.3) is 0 Å². The highest BCUT2D eigenvalue weighted by molar-refractivity contribution is 9.10. The summed E-state index contributed by atoms with van der Waals surface area (Å²) >= 11 is 27.1. The van der Waals surface area contributed by atoms with Crippen LogP contribution in [0.5, 0.6) is 11.5 Å². The van der Waals surface area contributed by atoms with Gasteiger partial charge in [0.2, 0.25) is 0 Å². The second kappa shape index (κ2) is 15.3. The van der Waals surface area contributed by atoms with Crippen molar-refractivity contribution in [2.75, 3.05) is 0 Å². The monoisotopic (exact) mass is 691 g/mol. The number of nitrogens with zero attached hydrogens (tertiary/aromatic N) is 1. The number of carbonyl (C=O) groups is 2. The Labute approximate surface area is 266 Å². The van der Waals surface area contributed by atoms with Gasteiger partial charge in [-0.3, -0.25) is 9.59 Å². The van der Waals surface area contributed by atoms with Gasteiger partial charge >= 0.3 is 0 Å². The molecule has 0 fully saturated rings. The maximum absolute atomic E-state index is 11.4. The summed E-state index contributed by atoms with van der Waals surface area (Å²) in [6, 6.07) is 22.4. The van der Waals surface area contributed by atoms with Crippen molar-refractivity contribution in [1.82, 2.24) is 0 Å². The summed E-state index contributed by atoms with van der Waals surface area (Å²) in [5.41, 5.74) is 3.15. The molecule has 0 N–H and O–H groups in total. The van der Waals surface area contributed by atoms with E-state index in [4.69, 9.17) is 61.1 Å². The normalized spacial score (nSPS) is 10.2. The fourth-order valence-corrected chi connectivity index (χ4v) is 4.95. The number of halogens is 5. The molecule has 0 amide bonds. The number of carbonyl (C=O) groups excluding carboxylic acids is 2. The van der Waals surface area contributed by atoms with E-state index in [0.717, 1.165) is 15.6 Å². The molecule has 0 unspecified atom stereocenters. The predicted octanol–water partition coefficient (Wildman–Crippen LogP) is 10.2. The third kappa shape index (κ3) is 10.1. The van der Waals surface area contributed by atoms with E-state index in [1.165, 1.54) is 13.8 Å². The quantitative estimate of drug-likeness (QED) is 0.172. The van der Waals surface area contributed by atoms with Crippen LogP contribution in [0.1, 0.15) is 51.3 Å². The highest BCUT2D eigenvalue weighted by Crippen LogP contribution is 2.29. The Morgan fingerprint density at radius 2 is 1.17 bits per heavy atom. The molecule has 0 bridgehead atoms. The molecule has 0 heterocycles. The molecular formula is C31H22BrCl4NO4. The van der Waals surface area contributed by atoms with E-state index in [1.807, 2.05) is 12.1 Å². The molecule has 0 saturated carbocycles. The van der Waals surface area contributed by atoms with Crippen LogP contribution in [0.15, 0.2) is 77.3 Å². The molecule has 0 aromatic heterocycles. The van der Waals surface area contributed by atoms with Crippen molar-refractivity contribution in [3.05, 3.63) is 125 Å². The zero-order chi connectivity index (χ0) is 30.1. The van der Waals surface area contributed by atoms with Crippen LogP contribution >= 0.6 is 62.3 Å². The molecule has 0 aliphatic carbocycles. The molecule has 10 heteroatoms. The summed E-state index contributed by atoms with van der Waals surface area (Å²) in [6.45, 7) is 3.51. The van der Waals surface area contributed by atoms with Gasteiger partial charge in [-0.05, 0) is 97.8 Å². The minimum atomic E-state index is -0.0992. The molecule has 4 aromatic rings. The van der Waals surface area contributed by atoms with Crippen LogP contribution in [0.2, 0.25) is 20.1 Å². The van der Waals surface area contributed by atoms with Crippen molar-refractivity contribution in [2.24, 2.45) is 0 Å². The van der Waals surface area contributed by atoms with Crippen LogP contribution in [-0.2, 0) is 13.2 Å². The van der Waals surface area contributed by atoms with Gasteiger partial charge in [0, 0.05) is 25.6 Å². The number of ketones is 2. The molecule has 0 saturated heterocycles. The van der Waals surface area contributed by atoms with E-state index < -0.39 is 0 Å². The Balaban J connectivity index is 0.000000226. The molecule has 5 nitrogen and oxygen atoms in total. The Morgan fingerprint density at radius 3 is 1.61 bits per heavy atom. The minimum absolute atomic E-state index is 0.0112. The summed E-state index contributed by atoms with van der Waals surface area (Å²) in [5.74, 6) is 0.961. The van der Waals surface area contributed by atoms with Crippen molar-refractivity contribution < 1.29 is 19.1 Å². The number of hydrogen-bond donors (Lipinski definition) is 0. The molecule has 0 atom stereocenters. The van der Waals surface area contributed by atoms with Gasteiger partial charge in [0.25, 0.3) is 0 Å². The minimum Gasteiger partial charge on any atom is -0.487 e. The lowest BCUT2D eigenvalue weighted by molar-refractivity contribution is 0.100. The number of nitriles is 1. The van der Waals surface area contributed by atoms with E-state index >= 15 is 0 Å². The second-order valence-corrected chi connectivity index (χ2v) is 11.3. The fraction of sp³-hybridized carbons (Fsp3) is 0.129. The molecule has 0 aliphatic rings. The van der Waals surface area contributed by atoms with Crippen molar-refractivity contribution in [3.8, 4) is 17.6 Å². The maximum atomic E-state index is 11.4. The van der Waals surface area contributed by atoms with E-state index in [9.17, 15) is 9.59 Å². The zero-order valence-corrected chi connectivity index (χ0v) is 26.4. The highest BCUT2D eigenvalue weighted by atomic mass is 79.9. The highest BCUT2D eigenvalue weighted by Gasteiger charge is 2.08. The van der Waals surface area contributed by atoms with Gasteiger partial charge in [-0.25, -0.2) is 0 Å². The van der Waals surface area contributed by atoms with Gasteiger partial charge in [0.1, 0.15) is 24.7 Å². The van der Waals surface area contributed by atoms with E-state index in [-0.39, 0.29) is 18.2 Å². The number of benzene rings is 4. The van der Waals surface area contributed by atoms with E-state index in [1.54, 1.807) is 66.7 Å².